The van der Waals surface area contributed by atoms with E-state index in [-0.39, 0.29) is 17.4 Å². The number of nitrogens with zero attached hydrogens (tertiary/aromatic N) is 4. The Labute approximate surface area is 197 Å². The first-order valence-corrected chi connectivity index (χ1v) is 12.5. The quantitative estimate of drug-likeness (QED) is 0.518. The van der Waals surface area contributed by atoms with Crippen LogP contribution in [0.15, 0.2) is 35.1 Å². The maximum Gasteiger partial charge on any atom is 0.275 e. The Balaban J connectivity index is 1.27. The van der Waals surface area contributed by atoms with Crippen molar-refractivity contribution < 1.29 is 9.53 Å². The van der Waals surface area contributed by atoms with E-state index in [4.69, 9.17) is 4.74 Å². The van der Waals surface area contributed by atoms with E-state index in [0.717, 1.165) is 61.8 Å². The molecule has 3 aromatic rings. The number of hydrogen-bond donors (Lipinski definition) is 1. The van der Waals surface area contributed by atoms with Crippen LogP contribution < -0.4 is 20.5 Å². The SMILES string of the molecule is CCCc1cc(=O)n2nc(N3CCC(C(=O)NCCc4ccc(OCC)cc4)CC3)sc2n1. The fraction of sp³-hybridized carbons (Fsp3) is 0.500. The zero-order valence-corrected chi connectivity index (χ0v) is 20.1. The normalized spacial score (nSPS) is 14.5. The number of aromatic nitrogens is 3. The van der Waals surface area contributed by atoms with Crippen LogP contribution in [0.4, 0.5) is 5.13 Å². The Hall–Kier alpha value is -2.94. The third-order valence-electron chi connectivity index (χ3n) is 5.88. The zero-order valence-electron chi connectivity index (χ0n) is 19.2. The average Bonchev–Trinajstić information content (AvgIpc) is 3.26. The lowest BCUT2D eigenvalue weighted by Crippen LogP contribution is -2.41. The Kier molecular flexibility index (Phi) is 7.59. The molecule has 0 bridgehead atoms. The molecule has 1 aliphatic heterocycles. The van der Waals surface area contributed by atoms with E-state index in [1.807, 2.05) is 31.2 Å². The standard InChI is InChI=1S/C24H31N5O3S/c1-3-5-19-16-21(30)29-23(26-19)33-24(27-29)28-14-11-18(12-15-28)22(31)25-13-10-17-6-8-20(9-7-17)32-4-2/h6-9,16,18H,3-5,10-15H2,1-2H3,(H,25,31). The van der Waals surface area contributed by atoms with Crippen LogP contribution in [0.25, 0.3) is 4.96 Å². The first-order valence-electron chi connectivity index (χ1n) is 11.7. The molecule has 4 rings (SSSR count). The van der Waals surface area contributed by atoms with E-state index in [9.17, 15) is 9.59 Å². The predicted octanol–water partition coefficient (Wildman–Crippen LogP) is 3.08. The third-order valence-corrected chi connectivity index (χ3v) is 6.85. The lowest BCUT2D eigenvalue weighted by molar-refractivity contribution is -0.125. The number of carbonyl (C=O) groups excluding carboxylic acids is 1. The highest BCUT2D eigenvalue weighted by atomic mass is 32.1. The summed E-state index contributed by atoms with van der Waals surface area (Å²) in [4.78, 5) is 32.4. The molecule has 8 nitrogen and oxygen atoms in total. The Morgan fingerprint density at radius 1 is 1.18 bits per heavy atom. The van der Waals surface area contributed by atoms with Crippen molar-refractivity contribution in [2.24, 2.45) is 5.92 Å². The Bertz CT molecular complexity index is 1130. The number of anilines is 1. The minimum atomic E-state index is -0.132. The van der Waals surface area contributed by atoms with Crippen LogP contribution in [0.5, 0.6) is 5.75 Å². The second kappa shape index (κ2) is 10.8. The van der Waals surface area contributed by atoms with E-state index in [0.29, 0.717) is 18.1 Å². The lowest BCUT2D eigenvalue weighted by atomic mass is 9.96. The van der Waals surface area contributed by atoms with Crippen LogP contribution in [0.3, 0.4) is 0 Å². The summed E-state index contributed by atoms with van der Waals surface area (Å²) in [6, 6.07) is 9.58. The van der Waals surface area contributed by atoms with Gasteiger partial charge in [0.15, 0.2) is 0 Å². The number of aryl methyl sites for hydroxylation is 1. The van der Waals surface area contributed by atoms with Gasteiger partial charge in [0.2, 0.25) is 16.0 Å². The number of amides is 1. The van der Waals surface area contributed by atoms with Gasteiger partial charge >= 0.3 is 0 Å². The van der Waals surface area contributed by atoms with Gasteiger partial charge in [-0.3, -0.25) is 9.59 Å². The smallest absolute Gasteiger partial charge is 0.275 e. The molecule has 0 aliphatic carbocycles. The monoisotopic (exact) mass is 469 g/mol. The third kappa shape index (κ3) is 5.71. The molecule has 0 atom stereocenters. The molecule has 1 amide bonds. The molecule has 9 heteroatoms. The maximum atomic E-state index is 12.6. The highest BCUT2D eigenvalue weighted by Gasteiger charge is 2.26. The van der Waals surface area contributed by atoms with Crippen LogP contribution in [0.2, 0.25) is 0 Å². The minimum Gasteiger partial charge on any atom is -0.494 e. The van der Waals surface area contributed by atoms with Gasteiger partial charge in [0.25, 0.3) is 5.56 Å². The van der Waals surface area contributed by atoms with Crippen molar-refractivity contribution in [3.8, 4) is 5.75 Å². The second-order valence-corrected chi connectivity index (χ2v) is 9.23. The number of ether oxygens (including phenoxy) is 1. The van der Waals surface area contributed by atoms with E-state index in [1.54, 1.807) is 6.07 Å². The molecule has 0 saturated carbocycles. The fourth-order valence-corrected chi connectivity index (χ4v) is 5.06. The topological polar surface area (TPSA) is 88.8 Å². The Morgan fingerprint density at radius 3 is 2.64 bits per heavy atom. The lowest BCUT2D eigenvalue weighted by Gasteiger charge is -2.30. The van der Waals surface area contributed by atoms with Gasteiger partial charge in [0, 0.05) is 37.3 Å². The van der Waals surface area contributed by atoms with E-state index in [1.165, 1.54) is 21.4 Å². The summed E-state index contributed by atoms with van der Waals surface area (Å²) in [7, 11) is 0. The number of carbonyl (C=O) groups is 1. The molecule has 1 N–H and O–H groups in total. The number of benzene rings is 1. The first kappa shape index (κ1) is 23.2. The maximum absolute atomic E-state index is 12.6. The molecule has 33 heavy (non-hydrogen) atoms. The van der Waals surface area contributed by atoms with Gasteiger partial charge < -0.3 is 15.0 Å². The van der Waals surface area contributed by atoms with Gasteiger partial charge in [0.1, 0.15) is 5.75 Å². The number of nitrogens with one attached hydrogen (secondary N) is 1. The van der Waals surface area contributed by atoms with Crippen molar-refractivity contribution in [2.45, 2.75) is 46.0 Å². The molecule has 3 heterocycles. The van der Waals surface area contributed by atoms with E-state index in [2.05, 4.69) is 27.2 Å². The molecule has 1 saturated heterocycles. The van der Waals surface area contributed by atoms with Crippen LogP contribution in [-0.4, -0.2) is 46.7 Å². The van der Waals surface area contributed by atoms with Crippen LogP contribution >= 0.6 is 11.3 Å². The molecule has 0 unspecified atom stereocenters. The summed E-state index contributed by atoms with van der Waals surface area (Å²) in [5, 5.41) is 8.36. The minimum absolute atomic E-state index is 0.00737. The molecule has 1 fully saturated rings. The van der Waals surface area contributed by atoms with Gasteiger partial charge in [-0.2, -0.15) is 4.52 Å². The zero-order chi connectivity index (χ0) is 23.2. The highest BCUT2D eigenvalue weighted by molar-refractivity contribution is 7.20. The van der Waals surface area contributed by atoms with Crippen LogP contribution in [0, 0.1) is 5.92 Å². The largest absolute Gasteiger partial charge is 0.494 e. The molecule has 2 aromatic heterocycles. The molecular weight excluding hydrogens is 438 g/mol. The number of piperidine rings is 1. The van der Waals surface area contributed by atoms with Crippen molar-refractivity contribution in [3.63, 3.8) is 0 Å². The highest BCUT2D eigenvalue weighted by Crippen LogP contribution is 2.27. The molecular formula is C24H31N5O3S. The fourth-order valence-electron chi connectivity index (χ4n) is 4.08. The van der Waals surface area contributed by atoms with Crippen LogP contribution in [-0.2, 0) is 17.6 Å². The van der Waals surface area contributed by atoms with Gasteiger partial charge in [-0.25, -0.2) is 4.98 Å². The second-order valence-electron chi connectivity index (χ2n) is 8.29. The van der Waals surface area contributed by atoms with Gasteiger partial charge in [0.05, 0.1) is 6.61 Å². The summed E-state index contributed by atoms with van der Waals surface area (Å²) < 4.78 is 6.85. The van der Waals surface area contributed by atoms with E-state index >= 15 is 0 Å². The first-order chi connectivity index (χ1) is 16.1. The summed E-state index contributed by atoms with van der Waals surface area (Å²) in [6.45, 7) is 6.80. The average molecular weight is 470 g/mol. The summed E-state index contributed by atoms with van der Waals surface area (Å²) in [5.41, 5.74) is 1.86. The van der Waals surface area contributed by atoms with Crippen LogP contribution in [0.1, 0.15) is 44.4 Å². The Morgan fingerprint density at radius 2 is 1.94 bits per heavy atom. The summed E-state index contributed by atoms with van der Waals surface area (Å²) in [5.74, 6) is 0.993. The summed E-state index contributed by atoms with van der Waals surface area (Å²) in [6.07, 6.45) is 4.08. The van der Waals surface area contributed by atoms with Crippen molar-refractivity contribution in [2.75, 3.05) is 31.1 Å². The van der Waals surface area contributed by atoms with Gasteiger partial charge in [-0.05, 0) is 50.3 Å². The van der Waals surface area contributed by atoms with Crippen molar-refractivity contribution in [1.29, 1.82) is 0 Å². The van der Waals surface area contributed by atoms with Crippen molar-refractivity contribution in [3.05, 3.63) is 51.9 Å². The predicted molar refractivity (Wildman–Crippen MR) is 130 cm³/mol. The van der Waals surface area contributed by atoms with Gasteiger partial charge in [-0.1, -0.05) is 36.8 Å². The number of rotatable bonds is 9. The molecule has 1 aromatic carbocycles. The number of hydrogen-bond acceptors (Lipinski definition) is 7. The van der Waals surface area contributed by atoms with Gasteiger partial charge in [-0.15, -0.1) is 5.10 Å². The molecule has 0 spiro atoms. The molecule has 176 valence electrons. The summed E-state index contributed by atoms with van der Waals surface area (Å²) >= 11 is 1.44. The van der Waals surface area contributed by atoms with Crippen molar-refractivity contribution in [1.82, 2.24) is 19.9 Å². The molecule has 1 aliphatic rings. The van der Waals surface area contributed by atoms with Crippen molar-refractivity contribution >= 4 is 27.3 Å². The van der Waals surface area contributed by atoms with E-state index < -0.39 is 0 Å². The molecule has 0 radical (unpaired) electrons. The number of fused-ring (bicyclic) bond motifs is 1.